The zero-order chi connectivity index (χ0) is 13.6. The van der Waals surface area contributed by atoms with Gasteiger partial charge in [-0.2, -0.15) is 0 Å². The summed E-state index contributed by atoms with van der Waals surface area (Å²) in [6.45, 7) is 10.8. The van der Waals surface area contributed by atoms with Crippen molar-refractivity contribution in [1.82, 2.24) is 10.3 Å². The number of rotatable bonds is 5. The van der Waals surface area contributed by atoms with Gasteiger partial charge in [-0.05, 0) is 39.8 Å². The number of hydrogen-bond acceptors (Lipinski definition) is 3. The summed E-state index contributed by atoms with van der Waals surface area (Å²) in [4.78, 5) is 6.53. The molecule has 0 unspecified atom stereocenters. The molecule has 1 rings (SSSR count). The van der Waals surface area contributed by atoms with Crippen molar-refractivity contribution in [2.45, 2.75) is 39.8 Å². The molecule has 3 nitrogen and oxygen atoms in total. The molecule has 0 saturated carbocycles. The molecule has 0 aliphatic rings. The van der Waals surface area contributed by atoms with Gasteiger partial charge < -0.3 is 10.2 Å². The van der Waals surface area contributed by atoms with Crippen molar-refractivity contribution >= 4 is 5.69 Å². The summed E-state index contributed by atoms with van der Waals surface area (Å²) in [6, 6.07) is 4.10. The molecule has 1 N–H and O–H groups in total. The van der Waals surface area contributed by atoms with E-state index in [4.69, 9.17) is 6.42 Å². The molecule has 1 aromatic rings. The average Bonchev–Trinajstić information content (AvgIpc) is 2.33. The fourth-order valence-electron chi connectivity index (χ4n) is 1.61. The SMILES string of the molecule is C#CCN(CC)c1ccnc(CNC(C)(C)C)c1. The Hall–Kier alpha value is -1.53. The van der Waals surface area contributed by atoms with Crippen LogP contribution >= 0.6 is 0 Å². The van der Waals surface area contributed by atoms with E-state index in [1.165, 1.54) is 0 Å². The summed E-state index contributed by atoms with van der Waals surface area (Å²) in [5.41, 5.74) is 2.27. The van der Waals surface area contributed by atoms with Gasteiger partial charge in [0.15, 0.2) is 0 Å². The summed E-state index contributed by atoms with van der Waals surface area (Å²) in [5.74, 6) is 2.68. The molecule has 0 radical (unpaired) electrons. The number of hydrogen-bond donors (Lipinski definition) is 1. The predicted octanol–water partition coefficient (Wildman–Crippen LogP) is 2.43. The lowest BCUT2D eigenvalue weighted by Gasteiger charge is -2.22. The van der Waals surface area contributed by atoms with E-state index in [0.29, 0.717) is 6.54 Å². The fraction of sp³-hybridized carbons (Fsp3) is 0.533. The van der Waals surface area contributed by atoms with E-state index >= 15 is 0 Å². The Morgan fingerprint density at radius 3 is 2.72 bits per heavy atom. The highest BCUT2D eigenvalue weighted by molar-refractivity contribution is 5.47. The second-order valence-electron chi connectivity index (χ2n) is 5.33. The molecule has 0 aliphatic carbocycles. The summed E-state index contributed by atoms with van der Waals surface area (Å²) in [7, 11) is 0. The zero-order valence-corrected chi connectivity index (χ0v) is 11.8. The number of nitrogens with zero attached hydrogens (tertiary/aromatic N) is 2. The third-order valence-electron chi connectivity index (χ3n) is 2.63. The van der Waals surface area contributed by atoms with Gasteiger partial charge in [0, 0.05) is 30.5 Å². The molecular weight excluding hydrogens is 222 g/mol. The third kappa shape index (κ3) is 4.77. The minimum atomic E-state index is 0.0982. The normalized spacial score (nSPS) is 11.1. The van der Waals surface area contributed by atoms with Crippen LogP contribution in [0.2, 0.25) is 0 Å². The standard InChI is InChI=1S/C15H23N3/c1-6-10-18(7-2)14-8-9-16-13(11-14)12-17-15(3,4)5/h1,8-9,11,17H,7,10,12H2,2-5H3. The van der Waals surface area contributed by atoms with Crippen LogP contribution in [0.3, 0.4) is 0 Å². The maximum Gasteiger partial charge on any atom is 0.0791 e. The molecule has 0 atom stereocenters. The van der Waals surface area contributed by atoms with E-state index in [1.807, 2.05) is 12.3 Å². The van der Waals surface area contributed by atoms with Gasteiger partial charge in [0.1, 0.15) is 0 Å². The van der Waals surface area contributed by atoms with E-state index in [0.717, 1.165) is 24.5 Å². The van der Waals surface area contributed by atoms with Crippen molar-refractivity contribution in [3.05, 3.63) is 24.0 Å². The third-order valence-corrected chi connectivity index (χ3v) is 2.63. The van der Waals surface area contributed by atoms with Crippen molar-refractivity contribution in [2.24, 2.45) is 0 Å². The number of anilines is 1. The topological polar surface area (TPSA) is 28.2 Å². The van der Waals surface area contributed by atoms with Crippen LogP contribution in [0.25, 0.3) is 0 Å². The van der Waals surface area contributed by atoms with Crippen molar-refractivity contribution in [1.29, 1.82) is 0 Å². The van der Waals surface area contributed by atoms with Crippen LogP contribution in [0, 0.1) is 12.3 Å². The average molecular weight is 245 g/mol. The minimum absolute atomic E-state index is 0.0982. The summed E-state index contributed by atoms with van der Waals surface area (Å²) in [6.07, 6.45) is 7.22. The quantitative estimate of drug-likeness (QED) is 0.808. The highest BCUT2D eigenvalue weighted by Crippen LogP contribution is 2.14. The largest absolute Gasteiger partial charge is 0.361 e. The number of nitrogens with one attached hydrogen (secondary N) is 1. The Morgan fingerprint density at radius 1 is 1.44 bits per heavy atom. The molecule has 0 fully saturated rings. The number of pyridine rings is 1. The molecule has 1 aromatic heterocycles. The van der Waals surface area contributed by atoms with E-state index in [2.05, 4.69) is 54.9 Å². The van der Waals surface area contributed by atoms with Gasteiger partial charge in [-0.25, -0.2) is 0 Å². The van der Waals surface area contributed by atoms with Gasteiger partial charge in [0.2, 0.25) is 0 Å². The Bertz CT molecular complexity index is 412. The van der Waals surface area contributed by atoms with Crippen LogP contribution in [-0.2, 0) is 6.54 Å². The number of aromatic nitrogens is 1. The first-order chi connectivity index (χ1) is 8.46. The van der Waals surface area contributed by atoms with Gasteiger partial charge in [0.05, 0.1) is 12.2 Å². The van der Waals surface area contributed by atoms with E-state index in [1.54, 1.807) is 0 Å². The van der Waals surface area contributed by atoms with Crippen molar-refractivity contribution in [2.75, 3.05) is 18.0 Å². The molecule has 3 heteroatoms. The molecule has 0 aromatic carbocycles. The van der Waals surface area contributed by atoms with Gasteiger partial charge >= 0.3 is 0 Å². The van der Waals surface area contributed by atoms with E-state index < -0.39 is 0 Å². The van der Waals surface area contributed by atoms with Gasteiger partial charge in [-0.1, -0.05) is 5.92 Å². The Balaban J connectivity index is 2.76. The first kappa shape index (κ1) is 14.5. The predicted molar refractivity (Wildman–Crippen MR) is 77.5 cm³/mol. The van der Waals surface area contributed by atoms with Crippen molar-refractivity contribution in [3.63, 3.8) is 0 Å². The molecule has 0 spiro atoms. The lowest BCUT2D eigenvalue weighted by atomic mass is 10.1. The van der Waals surface area contributed by atoms with Gasteiger partial charge in [-0.15, -0.1) is 6.42 Å². The molecule has 1 heterocycles. The van der Waals surface area contributed by atoms with E-state index in [-0.39, 0.29) is 5.54 Å². The summed E-state index contributed by atoms with van der Waals surface area (Å²) < 4.78 is 0. The molecule has 0 amide bonds. The van der Waals surface area contributed by atoms with E-state index in [9.17, 15) is 0 Å². The Kier molecular flexibility index (Phi) is 5.18. The maximum absolute atomic E-state index is 5.38. The molecule has 0 aliphatic heterocycles. The molecular formula is C15H23N3. The first-order valence-corrected chi connectivity index (χ1v) is 6.34. The first-order valence-electron chi connectivity index (χ1n) is 6.34. The second kappa shape index (κ2) is 6.42. The minimum Gasteiger partial charge on any atom is -0.361 e. The maximum atomic E-state index is 5.38. The Morgan fingerprint density at radius 2 is 2.17 bits per heavy atom. The van der Waals surface area contributed by atoms with Crippen LogP contribution in [0.5, 0.6) is 0 Å². The second-order valence-corrected chi connectivity index (χ2v) is 5.33. The Labute approximate surface area is 111 Å². The van der Waals surface area contributed by atoms with Crippen molar-refractivity contribution in [3.8, 4) is 12.3 Å². The highest BCUT2D eigenvalue weighted by atomic mass is 15.1. The number of terminal acetylenes is 1. The lowest BCUT2D eigenvalue weighted by molar-refractivity contribution is 0.421. The van der Waals surface area contributed by atoms with Crippen LogP contribution < -0.4 is 10.2 Å². The van der Waals surface area contributed by atoms with Gasteiger partial charge in [-0.3, -0.25) is 4.98 Å². The zero-order valence-electron chi connectivity index (χ0n) is 11.8. The highest BCUT2D eigenvalue weighted by Gasteiger charge is 2.10. The molecule has 98 valence electrons. The molecule has 0 saturated heterocycles. The summed E-state index contributed by atoms with van der Waals surface area (Å²) in [5, 5.41) is 3.43. The molecule has 18 heavy (non-hydrogen) atoms. The van der Waals surface area contributed by atoms with Crippen LogP contribution in [0.4, 0.5) is 5.69 Å². The lowest BCUT2D eigenvalue weighted by Crippen LogP contribution is -2.35. The van der Waals surface area contributed by atoms with Crippen LogP contribution in [0.15, 0.2) is 18.3 Å². The molecule has 0 bridgehead atoms. The van der Waals surface area contributed by atoms with Crippen molar-refractivity contribution < 1.29 is 0 Å². The van der Waals surface area contributed by atoms with Crippen LogP contribution in [-0.4, -0.2) is 23.6 Å². The summed E-state index contributed by atoms with van der Waals surface area (Å²) >= 11 is 0. The van der Waals surface area contributed by atoms with Crippen LogP contribution in [0.1, 0.15) is 33.4 Å². The van der Waals surface area contributed by atoms with Gasteiger partial charge in [0.25, 0.3) is 0 Å². The fourth-order valence-corrected chi connectivity index (χ4v) is 1.61. The monoisotopic (exact) mass is 245 g/mol. The smallest absolute Gasteiger partial charge is 0.0791 e.